The average Bonchev–Trinajstić information content (AvgIpc) is 1.00. The van der Waals surface area contributed by atoms with Gasteiger partial charge in [-0.1, -0.05) is 0 Å². The summed E-state index contributed by atoms with van der Waals surface area (Å²) in [5.74, 6) is 0. The van der Waals surface area contributed by atoms with E-state index in [1.165, 1.54) is 19.7 Å². The number of hydrogen-bond acceptors (Lipinski definition) is 0. The smallest absolute Gasteiger partial charge is 0 e. The van der Waals surface area contributed by atoms with Gasteiger partial charge in [-0.25, -0.2) is 0 Å². The van der Waals surface area contributed by atoms with Crippen LogP contribution in [0.3, 0.4) is 0 Å². The van der Waals surface area contributed by atoms with Crippen LogP contribution in [0.1, 0.15) is 2.85 Å². The first kappa shape index (κ1) is 15.9. The van der Waals surface area contributed by atoms with Crippen molar-refractivity contribution in [2.75, 3.05) is 0 Å². The van der Waals surface area contributed by atoms with Crippen LogP contribution in [0.25, 0.3) is 0 Å². The second-order valence-corrected chi connectivity index (χ2v) is 0. The van der Waals surface area contributed by atoms with Crippen LogP contribution < -0.4 is 0 Å². The Hall–Kier alpha value is 2.71. The molecule has 0 aromatic rings. The maximum atomic E-state index is 2.72. The molecule has 0 nitrogen and oxygen atoms in total. The minimum atomic E-state index is 0. The van der Waals surface area contributed by atoms with Crippen LogP contribution in [0, 0.1) is 0 Å². The van der Waals surface area contributed by atoms with Gasteiger partial charge in [-0.3, -0.25) is 0 Å². The first-order valence-electron chi connectivity index (χ1n) is 0.204. The Morgan fingerprint density at radius 3 is 1.50 bits per heavy atom. The van der Waals surface area contributed by atoms with Gasteiger partial charge in [0.15, 0.2) is 0 Å². The molecule has 0 rings (SSSR count). The van der Waals surface area contributed by atoms with Crippen LogP contribution in [-0.2, 0) is 19.5 Å². The van der Waals surface area contributed by atoms with Crippen LogP contribution in [-0.4, -0.2) is 55.0 Å². The first-order valence-corrected chi connectivity index (χ1v) is 7.12. The standard InChI is InChI=1S/Mg.Se.Sn.Zn.2H/q+2;;;;2*-1. The van der Waals surface area contributed by atoms with E-state index in [-0.39, 0.29) is 45.4 Å². The van der Waals surface area contributed by atoms with Gasteiger partial charge in [-0.05, 0) is 0 Å². The molecule has 0 spiro atoms. The van der Waals surface area contributed by atoms with Gasteiger partial charge in [-0.15, -0.1) is 0 Å². The summed E-state index contributed by atoms with van der Waals surface area (Å²) in [6.07, 6.45) is 0. The molecule has 0 N–H and O–H groups in total. The van der Waals surface area contributed by atoms with Gasteiger partial charge in [0.25, 0.3) is 0 Å². The molecule has 4 heteroatoms. The van der Waals surface area contributed by atoms with Gasteiger partial charge < -0.3 is 2.85 Å². The molecule has 0 heterocycles. The monoisotopic (exact) mass is 290 g/mol. The maximum Gasteiger partial charge on any atom is 0 e. The summed E-state index contributed by atoms with van der Waals surface area (Å²) < 4.78 is 0. The largest absolute Gasteiger partial charge is 0 e. The Morgan fingerprint density at radius 1 is 1.50 bits per heavy atom. The van der Waals surface area contributed by atoms with E-state index >= 15 is 0 Å². The molecule has 4 heavy (non-hydrogen) atoms. The van der Waals surface area contributed by atoms with Crippen LogP contribution in [0.15, 0.2) is 0 Å². The zero-order valence-corrected chi connectivity index (χ0v) is 11.3. The predicted octanol–water partition coefficient (Wildman–Crippen LogP) is -0.920. The summed E-state index contributed by atoms with van der Waals surface area (Å²) in [6, 6.07) is 0. The van der Waals surface area contributed by atoms with Crippen molar-refractivity contribution in [3.05, 3.63) is 0 Å². The quantitative estimate of drug-likeness (QED) is 0.506. The van der Waals surface area contributed by atoms with Gasteiger partial charge in [0, 0.05) is 19.5 Å². The van der Waals surface area contributed by atoms with Crippen LogP contribution in [0.4, 0.5) is 0 Å². The molecule has 0 aliphatic heterocycles. The Morgan fingerprint density at radius 2 is 1.50 bits per heavy atom. The summed E-state index contributed by atoms with van der Waals surface area (Å²) in [7, 11) is 0. The molecule has 0 aliphatic rings. The minimum Gasteiger partial charge on any atom is 0 e. The third-order valence-electron chi connectivity index (χ3n) is 0. The van der Waals surface area contributed by atoms with Gasteiger partial charge in [-0.2, -0.15) is 0 Å². The van der Waals surface area contributed by atoms with E-state index in [4.69, 9.17) is 0 Å². The van der Waals surface area contributed by atoms with Gasteiger partial charge >= 0.3 is 55.0 Å². The second kappa shape index (κ2) is 17.3. The third kappa shape index (κ3) is 8.83. The molecule has 16 valence electrons. The second-order valence-electron chi connectivity index (χ2n) is 0. The van der Waals surface area contributed by atoms with Gasteiger partial charge in [0.05, 0.1) is 0 Å². The zero-order valence-electron chi connectivity index (χ0n) is 4.32. The fourth-order valence-corrected chi connectivity index (χ4v) is 0. The van der Waals surface area contributed by atoms with Gasteiger partial charge in [0.2, 0.25) is 0 Å². The summed E-state index contributed by atoms with van der Waals surface area (Å²) in [5, 5.41) is 0. The van der Waals surface area contributed by atoms with Crippen molar-refractivity contribution in [2.24, 2.45) is 0 Å². The van der Waals surface area contributed by atoms with E-state index in [2.05, 4.69) is 12.2 Å². The van der Waals surface area contributed by atoms with Crippen molar-refractivity contribution >= 4 is 55.0 Å². The molecule has 0 unspecified atom stereocenters. The van der Waals surface area contributed by atoms with E-state index in [0.29, 0.717) is 0 Å². The predicted molar refractivity (Wildman–Crippen MR) is 19.5 cm³/mol. The van der Waals surface area contributed by atoms with Crippen LogP contribution in [0.2, 0.25) is 0 Å². The van der Waals surface area contributed by atoms with Crippen molar-refractivity contribution in [3.63, 3.8) is 0 Å². The fraction of sp³-hybridized carbons (Fsp3) is 0. The number of rotatable bonds is 0. The van der Waals surface area contributed by atoms with Crippen molar-refractivity contribution in [1.82, 2.24) is 0 Å². The van der Waals surface area contributed by atoms with E-state index in [0.717, 1.165) is 0 Å². The Bertz CT molecular complexity index is 13.5. The van der Waals surface area contributed by atoms with Gasteiger partial charge in [0.1, 0.15) is 0 Å². The SMILES string of the molecule is [H-].[H-].[Mg+2].[Se]=[Sn].[Zn]. The fourth-order valence-electron chi connectivity index (χ4n) is 0. The van der Waals surface area contributed by atoms with E-state index < -0.39 is 0 Å². The van der Waals surface area contributed by atoms with Crippen LogP contribution in [0.5, 0.6) is 0 Å². The molecule has 0 aliphatic carbocycles. The van der Waals surface area contributed by atoms with E-state index in [9.17, 15) is 0 Å². The topological polar surface area (TPSA) is 0 Å². The normalized spacial score (nSPS) is 1.00. The molecular weight excluding hydrogens is 287 g/mol. The molecule has 0 bridgehead atoms. The Labute approximate surface area is 76.1 Å². The summed E-state index contributed by atoms with van der Waals surface area (Å²) in [6.45, 7) is 0. The first-order chi connectivity index (χ1) is 1.00. The maximum absolute atomic E-state index is 2.72. The van der Waals surface area contributed by atoms with Crippen molar-refractivity contribution in [1.29, 1.82) is 0 Å². The minimum absolute atomic E-state index is 0. The van der Waals surface area contributed by atoms with Crippen molar-refractivity contribution < 1.29 is 22.3 Å². The number of hydrogen-bond donors (Lipinski definition) is 0. The van der Waals surface area contributed by atoms with Crippen molar-refractivity contribution in [2.45, 2.75) is 0 Å². The summed E-state index contributed by atoms with van der Waals surface area (Å²) in [5.41, 5.74) is 0. The molecule has 0 amide bonds. The molecule has 0 saturated carbocycles. The van der Waals surface area contributed by atoms with E-state index in [1.807, 2.05) is 0 Å². The molecule has 0 fully saturated rings. The molecule has 0 aromatic carbocycles. The van der Waals surface area contributed by atoms with Crippen LogP contribution >= 0.6 is 0 Å². The Balaban J connectivity index is -0.000000000833. The summed E-state index contributed by atoms with van der Waals surface area (Å²) in [4.78, 5) is 0. The molecule has 0 aromatic heterocycles. The molecule has 0 saturated heterocycles. The molecular formula is H2MgSeSnZn. The third-order valence-corrected chi connectivity index (χ3v) is 0. The molecule has 2 radical (unpaired) electrons. The summed E-state index contributed by atoms with van der Waals surface area (Å²) >= 11 is 4.14. The van der Waals surface area contributed by atoms with Crippen molar-refractivity contribution in [3.8, 4) is 0 Å². The zero-order chi connectivity index (χ0) is 2.00. The molecule has 0 atom stereocenters. The Kier molecular flexibility index (Phi) is 68.6. The average molecular weight is 289 g/mol. The van der Waals surface area contributed by atoms with E-state index in [1.54, 1.807) is 0 Å².